The Labute approximate surface area is 211 Å². The van der Waals surface area contributed by atoms with Crippen LogP contribution >= 0.6 is 0 Å². The van der Waals surface area contributed by atoms with Crippen molar-refractivity contribution in [3.63, 3.8) is 0 Å². The van der Waals surface area contributed by atoms with Crippen molar-refractivity contribution >= 4 is 17.9 Å². The molecule has 3 rings (SSSR count). The van der Waals surface area contributed by atoms with E-state index in [1.807, 2.05) is 30.3 Å². The minimum absolute atomic E-state index is 0.0753. The van der Waals surface area contributed by atoms with Gasteiger partial charge in [-0.1, -0.05) is 36.4 Å². The molecule has 2 aromatic carbocycles. The third-order valence-corrected chi connectivity index (χ3v) is 5.74. The highest BCUT2D eigenvalue weighted by Gasteiger charge is 2.44. The van der Waals surface area contributed by atoms with Crippen molar-refractivity contribution < 1.29 is 29.3 Å². The fourth-order valence-electron chi connectivity index (χ4n) is 3.85. The van der Waals surface area contributed by atoms with Crippen LogP contribution in [0.4, 0.5) is 4.79 Å². The second-order valence-electron chi connectivity index (χ2n) is 10.0. The van der Waals surface area contributed by atoms with Crippen molar-refractivity contribution in [1.29, 1.82) is 0 Å². The van der Waals surface area contributed by atoms with Gasteiger partial charge in [-0.2, -0.15) is 0 Å². The van der Waals surface area contributed by atoms with E-state index < -0.39 is 42.2 Å². The molecular weight excluding hydrogens is 462 g/mol. The lowest BCUT2D eigenvalue weighted by atomic mass is 10.00. The molecule has 0 spiro atoms. The fourth-order valence-corrected chi connectivity index (χ4v) is 3.85. The smallest absolute Gasteiger partial charge is 0.408 e. The quantitative estimate of drug-likeness (QED) is 0.422. The number of phenols is 1. The summed E-state index contributed by atoms with van der Waals surface area (Å²) < 4.78 is 5.25. The molecule has 0 bridgehead atoms. The van der Waals surface area contributed by atoms with Gasteiger partial charge in [0.1, 0.15) is 23.4 Å². The Morgan fingerprint density at radius 3 is 2.33 bits per heavy atom. The second kappa shape index (κ2) is 11.4. The number of rotatable bonds is 9. The second-order valence-corrected chi connectivity index (χ2v) is 10.0. The van der Waals surface area contributed by atoms with Gasteiger partial charge in [0, 0.05) is 12.6 Å². The molecule has 0 heterocycles. The number of ether oxygens (including phenoxy) is 1. The molecule has 3 amide bonds. The Balaban J connectivity index is 1.91. The number of aryl methyl sites for hydroxylation is 1. The highest BCUT2D eigenvalue weighted by Crippen LogP contribution is 2.36. The molecule has 9 heteroatoms. The molecule has 1 saturated carbocycles. The van der Waals surface area contributed by atoms with Crippen molar-refractivity contribution in [3.8, 4) is 5.75 Å². The number of aromatic hydroxyl groups is 1. The summed E-state index contributed by atoms with van der Waals surface area (Å²) in [6.07, 6.45) is 0.544. The number of benzene rings is 2. The molecule has 2 unspecified atom stereocenters. The zero-order chi connectivity index (χ0) is 26.5. The van der Waals surface area contributed by atoms with E-state index in [1.54, 1.807) is 39.8 Å². The van der Waals surface area contributed by atoms with E-state index in [1.165, 1.54) is 11.0 Å². The van der Waals surface area contributed by atoms with Gasteiger partial charge >= 0.3 is 6.09 Å². The van der Waals surface area contributed by atoms with Crippen molar-refractivity contribution in [2.75, 3.05) is 6.61 Å². The Bertz CT molecular complexity index is 1080. The van der Waals surface area contributed by atoms with Crippen LogP contribution in [0, 0.1) is 6.92 Å². The van der Waals surface area contributed by atoms with Gasteiger partial charge in [-0.05, 0) is 69.4 Å². The van der Waals surface area contributed by atoms with E-state index in [9.17, 15) is 24.6 Å². The number of nitrogens with zero attached hydrogens (tertiary/aromatic N) is 1. The maximum absolute atomic E-state index is 13.7. The summed E-state index contributed by atoms with van der Waals surface area (Å²) >= 11 is 0. The number of aliphatic hydroxyl groups excluding tert-OH is 1. The van der Waals surface area contributed by atoms with Gasteiger partial charge in [0.25, 0.3) is 0 Å². The van der Waals surface area contributed by atoms with Crippen LogP contribution in [-0.4, -0.2) is 57.3 Å². The summed E-state index contributed by atoms with van der Waals surface area (Å²) in [5, 5.41) is 25.3. The van der Waals surface area contributed by atoms with Gasteiger partial charge in [-0.25, -0.2) is 4.79 Å². The highest BCUT2D eigenvalue weighted by molar-refractivity contribution is 5.92. The molecule has 1 aliphatic rings. The molecular formula is C27H35N3O6. The van der Waals surface area contributed by atoms with Crippen molar-refractivity contribution in [2.45, 2.75) is 70.8 Å². The third kappa shape index (κ3) is 7.21. The van der Waals surface area contributed by atoms with E-state index >= 15 is 0 Å². The summed E-state index contributed by atoms with van der Waals surface area (Å²) in [6.45, 7) is 6.40. The molecule has 0 saturated heterocycles. The number of phenolic OH excluding ortho intramolecular Hbond substituents is 1. The first-order chi connectivity index (χ1) is 17.0. The average Bonchev–Trinajstić information content (AvgIpc) is 3.65. The largest absolute Gasteiger partial charge is 0.508 e. The van der Waals surface area contributed by atoms with Crippen molar-refractivity contribution in [2.24, 2.45) is 0 Å². The molecule has 4 N–H and O–H groups in total. The molecule has 0 radical (unpaired) electrons. The third-order valence-electron chi connectivity index (χ3n) is 5.74. The summed E-state index contributed by atoms with van der Waals surface area (Å²) in [7, 11) is 0. The molecule has 36 heavy (non-hydrogen) atoms. The predicted octanol–water partition coefficient (Wildman–Crippen LogP) is 2.93. The first-order valence-corrected chi connectivity index (χ1v) is 12.0. The lowest BCUT2D eigenvalue weighted by Gasteiger charge is -2.34. The standard InChI is InChI=1S/C27H35N3O6/c1-17-14-19(10-13-22(17)32)23(24(33)28-15-18-8-6-5-7-9-18)30(20-11-12-20)25(34)21(16-31)29-26(35)36-27(2,3)4/h5-10,13-14,20-21,23,31-32H,11-12,15-16H2,1-4H3,(H,28,33)(H,29,35). The number of alkyl carbamates (subject to hydrolysis) is 1. The monoisotopic (exact) mass is 497 g/mol. The van der Waals surface area contributed by atoms with Gasteiger partial charge in [0.15, 0.2) is 0 Å². The number of amides is 3. The lowest BCUT2D eigenvalue weighted by Crippen LogP contribution is -2.55. The Morgan fingerprint density at radius 2 is 1.78 bits per heavy atom. The van der Waals surface area contributed by atoms with E-state index in [0.717, 1.165) is 5.56 Å². The number of carbonyl (C=O) groups is 3. The first kappa shape index (κ1) is 27.0. The SMILES string of the molecule is Cc1cc(C(C(=O)NCc2ccccc2)N(C(=O)C(CO)NC(=O)OC(C)(C)C)C2CC2)ccc1O. The highest BCUT2D eigenvalue weighted by atomic mass is 16.6. The predicted molar refractivity (Wildman–Crippen MR) is 134 cm³/mol. The van der Waals surface area contributed by atoms with Gasteiger partial charge in [-0.3, -0.25) is 9.59 Å². The van der Waals surface area contributed by atoms with Crippen LogP contribution in [0.5, 0.6) is 5.75 Å². The van der Waals surface area contributed by atoms with Gasteiger partial charge < -0.3 is 30.5 Å². The maximum Gasteiger partial charge on any atom is 0.408 e. The zero-order valence-electron chi connectivity index (χ0n) is 21.2. The molecule has 194 valence electrons. The van der Waals surface area contributed by atoms with E-state index in [2.05, 4.69) is 10.6 Å². The summed E-state index contributed by atoms with van der Waals surface area (Å²) in [5.74, 6) is -0.916. The zero-order valence-corrected chi connectivity index (χ0v) is 21.2. The topological polar surface area (TPSA) is 128 Å². The van der Waals surface area contributed by atoms with Crippen molar-refractivity contribution in [1.82, 2.24) is 15.5 Å². The minimum Gasteiger partial charge on any atom is -0.508 e. The average molecular weight is 498 g/mol. The molecule has 0 aromatic heterocycles. The molecule has 0 aliphatic heterocycles. The van der Waals surface area contributed by atoms with Crippen LogP contribution in [0.25, 0.3) is 0 Å². The first-order valence-electron chi connectivity index (χ1n) is 12.0. The van der Waals surface area contributed by atoms with E-state index in [-0.39, 0.29) is 18.3 Å². The minimum atomic E-state index is -1.29. The fraction of sp³-hybridized carbons (Fsp3) is 0.444. The molecule has 2 aromatic rings. The van der Waals surface area contributed by atoms with Gasteiger partial charge in [0.05, 0.1) is 6.61 Å². The van der Waals surface area contributed by atoms with Crippen LogP contribution in [-0.2, 0) is 20.9 Å². The van der Waals surface area contributed by atoms with Gasteiger partial charge in [0.2, 0.25) is 11.8 Å². The van der Waals surface area contributed by atoms with Crippen molar-refractivity contribution in [3.05, 3.63) is 65.2 Å². The Hall–Kier alpha value is -3.59. The van der Waals surface area contributed by atoms with Gasteiger partial charge in [-0.15, -0.1) is 0 Å². The molecule has 1 aliphatic carbocycles. The van der Waals surface area contributed by atoms with Crippen LogP contribution in [0.2, 0.25) is 0 Å². The van der Waals surface area contributed by atoms with Crippen LogP contribution < -0.4 is 10.6 Å². The summed E-state index contributed by atoms with van der Waals surface area (Å²) in [5.41, 5.74) is 1.19. The maximum atomic E-state index is 13.7. The Kier molecular flexibility index (Phi) is 8.57. The molecule has 9 nitrogen and oxygen atoms in total. The van der Waals surface area contributed by atoms with E-state index in [4.69, 9.17) is 4.74 Å². The summed E-state index contributed by atoms with van der Waals surface area (Å²) in [6, 6.07) is 11.6. The van der Waals surface area contributed by atoms with Crippen LogP contribution in [0.15, 0.2) is 48.5 Å². The lowest BCUT2D eigenvalue weighted by molar-refractivity contribution is -0.144. The number of nitrogens with one attached hydrogen (secondary N) is 2. The Morgan fingerprint density at radius 1 is 1.11 bits per heavy atom. The van der Waals surface area contributed by atoms with E-state index in [0.29, 0.717) is 24.0 Å². The summed E-state index contributed by atoms with van der Waals surface area (Å²) in [4.78, 5) is 41.0. The molecule has 2 atom stereocenters. The number of aliphatic hydroxyl groups is 1. The van der Waals surface area contributed by atoms with Crippen LogP contribution in [0.3, 0.4) is 0 Å². The normalized spacial score (nSPS) is 14.9. The molecule has 1 fully saturated rings. The number of hydrogen-bond donors (Lipinski definition) is 4. The number of hydrogen-bond acceptors (Lipinski definition) is 6. The van der Waals surface area contributed by atoms with Crippen LogP contribution in [0.1, 0.15) is 56.3 Å². The number of carbonyl (C=O) groups excluding carboxylic acids is 3.